The first-order valence-corrected chi connectivity index (χ1v) is 10.7. The van der Waals surface area contributed by atoms with E-state index in [9.17, 15) is 26.4 Å². The van der Waals surface area contributed by atoms with Gasteiger partial charge in [-0.2, -0.15) is 4.31 Å². The monoisotopic (exact) mass is 434 g/mol. The first-order chi connectivity index (χ1) is 14.3. The van der Waals surface area contributed by atoms with E-state index in [0.717, 1.165) is 15.1 Å². The second-order valence-corrected chi connectivity index (χ2v) is 8.80. The highest BCUT2D eigenvalue weighted by molar-refractivity contribution is 7.89. The van der Waals surface area contributed by atoms with Gasteiger partial charge >= 0.3 is 0 Å². The zero-order valence-electron chi connectivity index (χ0n) is 15.7. The molecular formula is C21H17F3N2O3S. The number of hydrogen-bond donors (Lipinski definition) is 0. The number of sulfonamides is 1. The number of piperazine rings is 1. The summed E-state index contributed by atoms with van der Waals surface area (Å²) in [4.78, 5) is 13.6. The average Bonchev–Trinajstić information content (AvgIpc) is 2.76. The van der Waals surface area contributed by atoms with Crippen LogP contribution in [0.15, 0.2) is 59.5 Å². The van der Waals surface area contributed by atoms with E-state index in [1.54, 1.807) is 12.1 Å². The van der Waals surface area contributed by atoms with Crippen molar-refractivity contribution in [2.45, 2.75) is 4.90 Å². The van der Waals surface area contributed by atoms with E-state index in [0.29, 0.717) is 17.7 Å². The topological polar surface area (TPSA) is 57.7 Å². The van der Waals surface area contributed by atoms with Gasteiger partial charge in [0, 0.05) is 31.7 Å². The standard InChI is InChI=1S/C21H17F3N2O3S/c22-17-8-9-18(20(24)19(17)23)30(28,29)26-12-10-25(11-13-26)21(27)16-7-3-5-14-4-1-2-6-15(14)16/h1-9H,10-13H2. The van der Waals surface area contributed by atoms with Gasteiger partial charge in [0.15, 0.2) is 17.5 Å². The summed E-state index contributed by atoms with van der Waals surface area (Å²) in [7, 11) is -4.37. The third kappa shape index (κ3) is 3.44. The smallest absolute Gasteiger partial charge is 0.254 e. The average molecular weight is 434 g/mol. The lowest BCUT2D eigenvalue weighted by atomic mass is 10.0. The minimum absolute atomic E-state index is 0.0860. The van der Waals surface area contributed by atoms with Crippen molar-refractivity contribution >= 4 is 26.7 Å². The molecule has 0 aliphatic carbocycles. The summed E-state index contributed by atoms with van der Waals surface area (Å²) in [6, 6.07) is 14.1. The van der Waals surface area contributed by atoms with Crippen molar-refractivity contribution in [2.24, 2.45) is 0 Å². The fraction of sp³-hybridized carbons (Fsp3) is 0.190. The van der Waals surface area contributed by atoms with Gasteiger partial charge in [-0.3, -0.25) is 4.79 Å². The Morgan fingerprint density at radius 3 is 2.20 bits per heavy atom. The van der Waals surface area contributed by atoms with Gasteiger partial charge < -0.3 is 4.90 Å². The molecule has 1 aliphatic rings. The van der Waals surface area contributed by atoms with Gasteiger partial charge in [-0.05, 0) is 29.0 Å². The maximum atomic E-state index is 14.0. The van der Waals surface area contributed by atoms with Crippen molar-refractivity contribution < 1.29 is 26.4 Å². The Bertz CT molecular complexity index is 1230. The second kappa shape index (κ2) is 7.73. The molecule has 9 heteroatoms. The molecule has 4 rings (SSSR count). The molecule has 0 saturated carbocycles. The number of carbonyl (C=O) groups excluding carboxylic acids is 1. The van der Waals surface area contributed by atoms with Crippen molar-refractivity contribution in [1.82, 2.24) is 9.21 Å². The van der Waals surface area contributed by atoms with Gasteiger partial charge in [-0.15, -0.1) is 0 Å². The molecule has 5 nitrogen and oxygen atoms in total. The van der Waals surface area contributed by atoms with Crippen LogP contribution in [0.1, 0.15) is 10.4 Å². The molecule has 0 aromatic heterocycles. The molecule has 0 atom stereocenters. The van der Waals surface area contributed by atoms with Crippen LogP contribution in [-0.2, 0) is 10.0 Å². The summed E-state index contributed by atoms with van der Waals surface area (Å²) >= 11 is 0. The molecule has 1 fully saturated rings. The Kier molecular flexibility index (Phi) is 5.25. The minimum Gasteiger partial charge on any atom is -0.336 e. The Balaban J connectivity index is 1.54. The van der Waals surface area contributed by atoms with Crippen LogP contribution >= 0.6 is 0 Å². The summed E-state index contributed by atoms with van der Waals surface area (Å²) in [5.74, 6) is -5.27. The number of hydrogen-bond acceptors (Lipinski definition) is 3. The fourth-order valence-electron chi connectivity index (χ4n) is 3.56. The SMILES string of the molecule is O=C(c1cccc2ccccc12)N1CCN(S(=O)(=O)c2ccc(F)c(F)c2F)CC1. The van der Waals surface area contributed by atoms with Crippen LogP contribution in [-0.4, -0.2) is 49.7 Å². The lowest BCUT2D eigenvalue weighted by Crippen LogP contribution is -2.50. The van der Waals surface area contributed by atoms with Crippen LogP contribution in [0.25, 0.3) is 10.8 Å². The Morgan fingerprint density at radius 1 is 0.800 bits per heavy atom. The van der Waals surface area contributed by atoms with Gasteiger partial charge in [-0.25, -0.2) is 21.6 Å². The third-order valence-corrected chi connectivity index (χ3v) is 7.08. The largest absolute Gasteiger partial charge is 0.336 e. The zero-order valence-corrected chi connectivity index (χ0v) is 16.5. The zero-order chi connectivity index (χ0) is 21.5. The molecule has 30 heavy (non-hydrogen) atoms. The fourth-order valence-corrected chi connectivity index (χ4v) is 5.04. The van der Waals surface area contributed by atoms with E-state index in [1.807, 2.05) is 30.3 Å². The van der Waals surface area contributed by atoms with E-state index < -0.39 is 32.4 Å². The molecule has 1 amide bonds. The van der Waals surface area contributed by atoms with Crippen LogP contribution < -0.4 is 0 Å². The molecule has 0 N–H and O–H groups in total. The Labute approximate surface area is 171 Å². The van der Waals surface area contributed by atoms with Crippen LogP contribution in [0.2, 0.25) is 0 Å². The van der Waals surface area contributed by atoms with E-state index >= 15 is 0 Å². The van der Waals surface area contributed by atoms with Crippen LogP contribution in [0.4, 0.5) is 13.2 Å². The number of benzene rings is 3. The predicted molar refractivity (Wildman–Crippen MR) is 105 cm³/mol. The molecular weight excluding hydrogens is 417 g/mol. The lowest BCUT2D eigenvalue weighted by molar-refractivity contribution is 0.0699. The molecule has 0 unspecified atom stereocenters. The number of rotatable bonds is 3. The minimum atomic E-state index is -4.37. The number of halogens is 3. The lowest BCUT2D eigenvalue weighted by Gasteiger charge is -2.34. The van der Waals surface area contributed by atoms with Crippen molar-refractivity contribution in [2.75, 3.05) is 26.2 Å². The van der Waals surface area contributed by atoms with Crippen molar-refractivity contribution in [3.63, 3.8) is 0 Å². The van der Waals surface area contributed by atoms with Gasteiger partial charge in [-0.1, -0.05) is 36.4 Å². The molecule has 156 valence electrons. The summed E-state index contributed by atoms with van der Waals surface area (Å²) in [6.07, 6.45) is 0. The molecule has 3 aromatic rings. The summed E-state index contributed by atoms with van der Waals surface area (Å²) in [5.41, 5.74) is 0.510. The summed E-state index contributed by atoms with van der Waals surface area (Å²) in [5, 5.41) is 1.71. The molecule has 1 saturated heterocycles. The van der Waals surface area contributed by atoms with E-state index in [1.165, 1.54) is 4.90 Å². The highest BCUT2D eigenvalue weighted by atomic mass is 32.2. The van der Waals surface area contributed by atoms with Crippen molar-refractivity contribution in [3.05, 3.63) is 77.6 Å². The van der Waals surface area contributed by atoms with Crippen molar-refractivity contribution in [1.29, 1.82) is 0 Å². The van der Waals surface area contributed by atoms with Crippen molar-refractivity contribution in [3.8, 4) is 0 Å². The molecule has 1 heterocycles. The predicted octanol–water partition coefficient (Wildman–Crippen LogP) is 3.40. The first-order valence-electron chi connectivity index (χ1n) is 9.21. The first kappa shape index (κ1) is 20.4. The Hall–Kier alpha value is -2.91. The van der Waals surface area contributed by atoms with E-state index in [2.05, 4.69) is 0 Å². The van der Waals surface area contributed by atoms with E-state index in [4.69, 9.17) is 0 Å². The van der Waals surface area contributed by atoms with E-state index in [-0.39, 0.29) is 32.1 Å². The maximum absolute atomic E-state index is 14.0. The second-order valence-electron chi connectivity index (χ2n) is 6.90. The third-order valence-electron chi connectivity index (χ3n) is 5.16. The highest BCUT2D eigenvalue weighted by Crippen LogP contribution is 2.25. The number of fused-ring (bicyclic) bond motifs is 1. The summed E-state index contributed by atoms with van der Waals surface area (Å²) in [6.45, 7) is 0.00765. The Morgan fingerprint density at radius 2 is 1.47 bits per heavy atom. The number of amides is 1. The van der Waals surface area contributed by atoms with Gasteiger partial charge in [0.2, 0.25) is 10.0 Å². The maximum Gasteiger partial charge on any atom is 0.254 e. The number of carbonyl (C=O) groups is 1. The van der Waals surface area contributed by atoms with Crippen LogP contribution in [0.3, 0.4) is 0 Å². The van der Waals surface area contributed by atoms with Crippen LogP contribution in [0.5, 0.6) is 0 Å². The highest BCUT2D eigenvalue weighted by Gasteiger charge is 2.33. The number of nitrogens with zero attached hydrogens (tertiary/aromatic N) is 2. The molecule has 3 aromatic carbocycles. The molecule has 0 radical (unpaired) electrons. The summed E-state index contributed by atoms with van der Waals surface area (Å²) < 4.78 is 67.0. The van der Waals surface area contributed by atoms with Gasteiger partial charge in [0.25, 0.3) is 5.91 Å². The normalized spacial score (nSPS) is 15.5. The van der Waals surface area contributed by atoms with Gasteiger partial charge in [0.1, 0.15) is 4.90 Å². The molecule has 1 aliphatic heterocycles. The van der Waals surface area contributed by atoms with Crippen LogP contribution in [0, 0.1) is 17.5 Å². The van der Waals surface area contributed by atoms with Gasteiger partial charge in [0.05, 0.1) is 0 Å². The molecule has 0 bridgehead atoms. The molecule has 0 spiro atoms. The quantitative estimate of drug-likeness (QED) is 0.594.